The van der Waals surface area contributed by atoms with Gasteiger partial charge >= 0.3 is 0 Å². The molecule has 0 amide bonds. The van der Waals surface area contributed by atoms with Gasteiger partial charge in [-0.15, -0.1) is 0 Å². The molecule has 1 heterocycles. The van der Waals surface area contributed by atoms with Gasteiger partial charge in [0.25, 0.3) is 0 Å². The minimum absolute atomic E-state index is 0.207. The van der Waals surface area contributed by atoms with E-state index in [1.54, 1.807) is 13.3 Å². The molecule has 0 radical (unpaired) electrons. The van der Waals surface area contributed by atoms with Gasteiger partial charge in [-0.25, -0.2) is 4.98 Å². The Labute approximate surface area is 128 Å². The Balaban J connectivity index is 1.87. The summed E-state index contributed by atoms with van der Waals surface area (Å²) in [6.45, 7) is 0. The van der Waals surface area contributed by atoms with E-state index in [0.29, 0.717) is 5.82 Å². The van der Waals surface area contributed by atoms with E-state index in [9.17, 15) is 0 Å². The number of rotatable bonds is 4. The Morgan fingerprint density at radius 3 is 2.64 bits per heavy atom. The Bertz CT molecular complexity index is 817. The fourth-order valence-corrected chi connectivity index (χ4v) is 2.57. The number of anilines is 2. The van der Waals surface area contributed by atoms with Crippen LogP contribution >= 0.6 is 0 Å². The number of methoxy groups -OCH3 is 1. The van der Waals surface area contributed by atoms with Crippen molar-refractivity contribution in [3.63, 3.8) is 0 Å². The van der Waals surface area contributed by atoms with Crippen LogP contribution in [0, 0.1) is 0 Å². The van der Waals surface area contributed by atoms with E-state index >= 15 is 0 Å². The largest absolute Gasteiger partial charge is 0.497 e. The smallest absolute Gasteiger partial charge is 0.221 e. The van der Waals surface area contributed by atoms with Crippen LogP contribution < -0.4 is 16.2 Å². The zero-order chi connectivity index (χ0) is 15.5. The number of ether oxygens (including phenoxy) is 1. The molecule has 5 heteroatoms. The lowest BCUT2D eigenvalue weighted by Gasteiger charge is -2.09. The van der Waals surface area contributed by atoms with E-state index < -0.39 is 0 Å². The third kappa shape index (κ3) is 2.79. The van der Waals surface area contributed by atoms with Crippen LogP contribution in [-0.4, -0.2) is 17.1 Å². The van der Waals surface area contributed by atoms with Crippen LogP contribution in [0.1, 0.15) is 11.1 Å². The lowest BCUT2D eigenvalue weighted by Crippen LogP contribution is -2.04. The zero-order valence-electron chi connectivity index (χ0n) is 12.4. The first-order chi connectivity index (χ1) is 10.7. The number of aryl methyl sites for hydroxylation is 2. The molecule has 1 aromatic heterocycles. The minimum atomic E-state index is 0.207. The van der Waals surface area contributed by atoms with Gasteiger partial charge in [-0.1, -0.05) is 24.3 Å². The van der Waals surface area contributed by atoms with E-state index in [-0.39, 0.29) is 5.95 Å². The van der Waals surface area contributed by atoms with Crippen LogP contribution in [-0.2, 0) is 12.8 Å². The maximum atomic E-state index is 5.89. The summed E-state index contributed by atoms with van der Waals surface area (Å²) in [7, 11) is 1.68. The Kier molecular flexibility index (Phi) is 3.78. The molecule has 0 spiro atoms. The second-order valence-corrected chi connectivity index (χ2v) is 5.14. The fourth-order valence-electron chi connectivity index (χ4n) is 2.57. The lowest BCUT2D eigenvalue weighted by molar-refractivity contribution is 0.415. The third-order valence-corrected chi connectivity index (χ3v) is 3.76. The molecule has 22 heavy (non-hydrogen) atoms. The molecular weight excluding hydrogens is 276 g/mol. The predicted molar refractivity (Wildman–Crippen MR) is 88.8 cm³/mol. The maximum Gasteiger partial charge on any atom is 0.221 e. The molecule has 0 aliphatic carbocycles. The molecule has 3 rings (SSSR count). The standard InChI is InChI=1S/C17H18N4O/c1-22-14-7-8-15-11(3-2-4-12(15)9-14)5-6-13-10-20-17(19)21-16(13)18/h2-4,7-10H,5-6H2,1H3,(H4,18,19,20,21). The topological polar surface area (TPSA) is 87.0 Å². The number of fused-ring (bicyclic) bond motifs is 1. The van der Waals surface area contributed by atoms with Crippen LogP contribution in [0.15, 0.2) is 42.6 Å². The molecule has 0 atom stereocenters. The average molecular weight is 294 g/mol. The molecule has 0 unspecified atom stereocenters. The van der Waals surface area contributed by atoms with Gasteiger partial charge in [0, 0.05) is 11.8 Å². The van der Waals surface area contributed by atoms with Gasteiger partial charge in [0.05, 0.1) is 7.11 Å². The molecule has 0 bridgehead atoms. The van der Waals surface area contributed by atoms with Crippen molar-refractivity contribution in [3.05, 3.63) is 53.7 Å². The number of benzene rings is 2. The maximum absolute atomic E-state index is 5.89. The number of nitrogens with zero attached hydrogens (tertiary/aromatic N) is 2. The molecule has 0 aliphatic rings. The summed E-state index contributed by atoms with van der Waals surface area (Å²) < 4.78 is 5.27. The first kappa shape index (κ1) is 14.1. The monoisotopic (exact) mass is 294 g/mol. The second-order valence-electron chi connectivity index (χ2n) is 5.14. The molecule has 0 aliphatic heterocycles. The number of hydrogen-bond donors (Lipinski definition) is 2. The van der Waals surface area contributed by atoms with Crippen molar-refractivity contribution in [2.75, 3.05) is 18.6 Å². The predicted octanol–water partition coefficient (Wildman–Crippen LogP) is 2.59. The Hall–Kier alpha value is -2.82. The second kappa shape index (κ2) is 5.89. The van der Waals surface area contributed by atoms with Crippen molar-refractivity contribution in [2.24, 2.45) is 0 Å². The lowest BCUT2D eigenvalue weighted by atomic mass is 9.99. The van der Waals surface area contributed by atoms with Gasteiger partial charge in [0.2, 0.25) is 5.95 Å². The molecular formula is C17H18N4O. The van der Waals surface area contributed by atoms with Gasteiger partial charge in [-0.2, -0.15) is 4.98 Å². The molecule has 0 saturated heterocycles. The van der Waals surface area contributed by atoms with Crippen LogP contribution in [0.5, 0.6) is 5.75 Å². The summed E-state index contributed by atoms with van der Waals surface area (Å²) in [5.41, 5.74) is 13.6. The van der Waals surface area contributed by atoms with E-state index in [1.807, 2.05) is 12.1 Å². The molecule has 112 valence electrons. The van der Waals surface area contributed by atoms with Gasteiger partial charge in [0.1, 0.15) is 11.6 Å². The van der Waals surface area contributed by atoms with Gasteiger partial charge < -0.3 is 16.2 Å². The van der Waals surface area contributed by atoms with Crippen molar-refractivity contribution in [3.8, 4) is 5.75 Å². The van der Waals surface area contributed by atoms with Crippen LogP contribution in [0.2, 0.25) is 0 Å². The van der Waals surface area contributed by atoms with Crippen molar-refractivity contribution >= 4 is 22.5 Å². The van der Waals surface area contributed by atoms with Crippen molar-refractivity contribution in [1.29, 1.82) is 0 Å². The summed E-state index contributed by atoms with van der Waals surface area (Å²) in [6.07, 6.45) is 3.34. The highest BCUT2D eigenvalue weighted by molar-refractivity contribution is 5.87. The van der Waals surface area contributed by atoms with E-state index in [2.05, 4.69) is 34.2 Å². The summed E-state index contributed by atoms with van der Waals surface area (Å²) >= 11 is 0. The highest BCUT2D eigenvalue weighted by atomic mass is 16.5. The summed E-state index contributed by atoms with van der Waals surface area (Å²) in [5, 5.41) is 2.39. The molecule has 5 nitrogen and oxygen atoms in total. The number of nitrogen functional groups attached to an aromatic ring is 2. The van der Waals surface area contributed by atoms with Crippen molar-refractivity contribution < 1.29 is 4.74 Å². The molecule has 0 saturated carbocycles. The van der Waals surface area contributed by atoms with Crippen LogP contribution in [0.4, 0.5) is 11.8 Å². The van der Waals surface area contributed by atoms with Gasteiger partial charge in [-0.05, 0) is 41.3 Å². The highest BCUT2D eigenvalue weighted by Crippen LogP contribution is 2.25. The third-order valence-electron chi connectivity index (χ3n) is 3.76. The van der Waals surface area contributed by atoms with E-state index in [4.69, 9.17) is 16.2 Å². The van der Waals surface area contributed by atoms with Crippen LogP contribution in [0.3, 0.4) is 0 Å². The SMILES string of the molecule is COc1ccc2c(CCc3cnc(N)nc3N)cccc2c1. The normalized spacial score (nSPS) is 10.8. The first-order valence-electron chi connectivity index (χ1n) is 7.10. The number of nitrogens with two attached hydrogens (primary N) is 2. The molecule has 4 N–H and O–H groups in total. The quantitative estimate of drug-likeness (QED) is 0.772. The van der Waals surface area contributed by atoms with Gasteiger partial charge in [0.15, 0.2) is 0 Å². The molecule has 3 aromatic rings. The summed E-state index contributed by atoms with van der Waals surface area (Å²) in [6, 6.07) is 12.4. The average Bonchev–Trinajstić information content (AvgIpc) is 2.53. The highest BCUT2D eigenvalue weighted by Gasteiger charge is 2.06. The summed E-state index contributed by atoms with van der Waals surface area (Å²) in [5.74, 6) is 1.52. The molecule has 2 aromatic carbocycles. The Morgan fingerprint density at radius 1 is 1.05 bits per heavy atom. The first-order valence-corrected chi connectivity index (χ1v) is 7.10. The van der Waals surface area contributed by atoms with Crippen LogP contribution in [0.25, 0.3) is 10.8 Å². The van der Waals surface area contributed by atoms with E-state index in [0.717, 1.165) is 24.2 Å². The number of hydrogen-bond acceptors (Lipinski definition) is 5. The minimum Gasteiger partial charge on any atom is -0.497 e. The van der Waals surface area contributed by atoms with E-state index in [1.165, 1.54) is 16.3 Å². The van der Waals surface area contributed by atoms with Gasteiger partial charge in [-0.3, -0.25) is 0 Å². The molecule has 0 fully saturated rings. The Morgan fingerprint density at radius 2 is 1.86 bits per heavy atom. The van der Waals surface area contributed by atoms with Crippen molar-refractivity contribution in [1.82, 2.24) is 9.97 Å². The fraction of sp³-hybridized carbons (Fsp3) is 0.176. The van der Waals surface area contributed by atoms with Crippen molar-refractivity contribution in [2.45, 2.75) is 12.8 Å². The zero-order valence-corrected chi connectivity index (χ0v) is 12.4. The summed E-state index contributed by atoms with van der Waals surface area (Å²) in [4.78, 5) is 8.01. The number of aromatic nitrogens is 2.